The fraction of sp³-hybridized carbons (Fsp3) is 0.143. The number of nitro groups is 1. The summed E-state index contributed by atoms with van der Waals surface area (Å²) in [5, 5.41) is 16.1. The number of amides is 1. The van der Waals surface area contributed by atoms with Crippen molar-refractivity contribution >= 4 is 40.4 Å². The van der Waals surface area contributed by atoms with Crippen molar-refractivity contribution in [2.75, 3.05) is 6.61 Å². The monoisotopic (exact) mass is 533 g/mol. The zero-order valence-corrected chi connectivity index (χ0v) is 21.2. The van der Waals surface area contributed by atoms with Crippen LogP contribution in [-0.4, -0.2) is 23.7 Å². The van der Waals surface area contributed by atoms with Crippen molar-refractivity contribution < 1.29 is 23.6 Å². The predicted molar refractivity (Wildman–Crippen MR) is 145 cm³/mol. The van der Waals surface area contributed by atoms with Gasteiger partial charge in [-0.2, -0.15) is 5.10 Å². The Morgan fingerprint density at radius 3 is 2.66 bits per heavy atom. The lowest BCUT2D eigenvalue weighted by Crippen LogP contribution is -2.16. The highest BCUT2D eigenvalue weighted by atomic mass is 35.5. The van der Waals surface area contributed by atoms with Gasteiger partial charge in [-0.25, -0.2) is 5.43 Å². The van der Waals surface area contributed by atoms with Gasteiger partial charge in [0.2, 0.25) is 0 Å². The number of ether oxygens (including phenoxy) is 2. The van der Waals surface area contributed by atoms with Crippen molar-refractivity contribution in [1.29, 1.82) is 0 Å². The predicted octanol–water partition coefficient (Wildman–Crippen LogP) is 6.46. The van der Waals surface area contributed by atoms with E-state index in [0.717, 1.165) is 11.1 Å². The number of benzene rings is 3. The average Bonchev–Trinajstić information content (AvgIpc) is 3.33. The van der Waals surface area contributed by atoms with Crippen LogP contribution in [0.2, 0.25) is 5.02 Å². The molecule has 0 aliphatic rings. The normalized spacial score (nSPS) is 11.0. The molecular weight excluding hydrogens is 510 g/mol. The van der Waals surface area contributed by atoms with Crippen molar-refractivity contribution in [2.45, 2.75) is 20.0 Å². The van der Waals surface area contributed by atoms with Gasteiger partial charge in [0.1, 0.15) is 12.2 Å². The minimum atomic E-state index is -0.598. The summed E-state index contributed by atoms with van der Waals surface area (Å²) < 4.78 is 17.5. The number of carbonyl (C=O) groups excluding carboxylic acids is 1. The zero-order valence-electron chi connectivity index (χ0n) is 20.5. The first-order valence-electron chi connectivity index (χ1n) is 11.7. The molecule has 3 aromatic carbocycles. The standard InChI is InChI=1S/C28H24ClN3O6/c1-3-5-20-12-19(13-25(36-4-2)27(20)37-17-18-6-8-22(29)9-7-18)16-30-31-28(33)26-15-21-14-23(32(34)35)10-11-24(21)38-26/h3,6-16H,1,4-5,17H2,2H3,(H,31,33). The molecule has 0 fully saturated rings. The molecule has 1 amide bonds. The quantitative estimate of drug-likeness (QED) is 0.102. The highest BCUT2D eigenvalue weighted by molar-refractivity contribution is 6.30. The number of furan rings is 1. The lowest BCUT2D eigenvalue weighted by atomic mass is 10.1. The van der Waals surface area contributed by atoms with Crippen molar-refractivity contribution in [3.05, 3.63) is 111 Å². The number of non-ortho nitro benzene ring substituents is 1. The van der Waals surface area contributed by atoms with E-state index in [1.165, 1.54) is 30.5 Å². The molecule has 4 aromatic rings. The summed E-state index contributed by atoms with van der Waals surface area (Å²) in [5.74, 6) is 0.511. The number of hydrazone groups is 1. The minimum Gasteiger partial charge on any atom is -0.490 e. The molecule has 0 atom stereocenters. The van der Waals surface area contributed by atoms with Crippen LogP contribution in [0.5, 0.6) is 11.5 Å². The average molecular weight is 534 g/mol. The fourth-order valence-electron chi connectivity index (χ4n) is 3.70. The van der Waals surface area contributed by atoms with E-state index in [9.17, 15) is 14.9 Å². The SMILES string of the molecule is C=CCc1cc(C=NNC(=O)c2cc3cc([N+](=O)[O-])ccc3o2)cc(OCC)c1OCc1ccc(Cl)cc1. The third-order valence-electron chi connectivity index (χ3n) is 5.43. The maximum atomic E-state index is 12.5. The number of rotatable bonds is 11. The Morgan fingerprint density at radius 1 is 1.16 bits per heavy atom. The molecule has 0 radical (unpaired) electrons. The molecule has 0 bridgehead atoms. The molecule has 4 rings (SSSR count). The highest BCUT2D eigenvalue weighted by Gasteiger charge is 2.16. The third kappa shape index (κ3) is 6.37. The van der Waals surface area contributed by atoms with Crippen molar-refractivity contribution in [3.8, 4) is 11.5 Å². The van der Waals surface area contributed by atoms with Crippen LogP contribution in [0, 0.1) is 10.1 Å². The van der Waals surface area contributed by atoms with Crippen molar-refractivity contribution in [2.24, 2.45) is 5.10 Å². The van der Waals surface area contributed by atoms with E-state index in [-0.39, 0.29) is 11.4 Å². The van der Waals surface area contributed by atoms with E-state index in [0.29, 0.717) is 52.7 Å². The largest absolute Gasteiger partial charge is 0.490 e. The van der Waals surface area contributed by atoms with Gasteiger partial charge in [-0.3, -0.25) is 14.9 Å². The fourth-order valence-corrected chi connectivity index (χ4v) is 3.83. The number of nitro benzene ring substituents is 1. The van der Waals surface area contributed by atoms with E-state index in [4.69, 9.17) is 25.5 Å². The second kappa shape index (κ2) is 12.1. The second-order valence-corrected chi connectivity index (χ2v) is 8.57. The van der Waals surface area contributed by atoms with Crippen molar-refractivity contribution in [3.63, 3.8) is 0 Å². The number of allylic oxidation sites excluding steroid dienone is 1. The van der Waals surface area contributed by atoms with Gasteiger partial charge in [-0.1, -0.05) is 29.8 Å². The van der Waals surface area contributed by atoms with Crippen LogP contribution in [0.4, 0.5) is 5.69 Å². The number of hydrogen-bond donors (Lipinski definition) is 1. The van der Waals surface area contributed by atoms with E-state index >= 15 is 0 Å². The first-order chi connectivity index (χ1) is 18.4. The van der Waals surface area contributed by atoms with Crippen LogP contribution in [0.1, 0.15) is 34.2 Å². The van der Waals surface area contributed by atoms with Gasteiger partial charge in [-0.15, -0.1) is 6.58 Å². The summed E-state index contributed by atoms with van der Waals surface area (Å²) in [6.45, 7) is 6.45. The number of nitrogens with one attached hydrogen (secondary N) is 1. The van der Waals surface area contributed by atoms with E-state index < -0.39 is 10.8 Å². The van der Waals surface area contributed by atoms with E-state index in [2.05, 4.69) is 17.1 Å². The molecule has 9 nitrogen and oxygen atoms in total. The summed E-state index contributed by atoms with van der Waals surface area (Å²) in [6, 6.07) is 16.5. The van der Waals surface area contributed by atoms with E-state index in [1.807, 2.05) is 25.1 Å². The first kappa shape index (κ1) is 26.4. The van der Waals surface area contributed by atoms with Crippen LogP contribution >= 0.6 is 11.6 Å². The Bertz CT molecular complexity index is 1510. The molecular formula is C28H24ClN3O6. The molecule has 0 saturated heterocycles. The molecule has 10 heteroatoms. The van der Waals surface area contributed by atoms with Gasteiger partial charge in [0.15, 0.2) is 17.3 Å². The number of nitrogens with zero attached hydrogens (tertiary/aromatic N) is 2. The summed E-state index contributed by atoms with van der Waals surface area (Å²) >= 11 is 5.97. The highest BCUT2D eigenvalue weighted by Crippen LogP contribution is 2.34. The molecule has 1 aromatic heterocycles. The first-order valence-corrected chi connectivity index (χ1v) is 12.0. The molecule has 0 spiro atoms. The Kier molecular flexibility index (Phi) is 8.40. The molecule has 1 heterocycles. The van der Waals surface area contributed by atoms with Gasteiger partial charge >= 0.3 is 5.91 Å². The molecule has 0 aliphatic carbocycles. The topological polar surface area (TPSA) is 116 Å². The van der Waals surface area contributed by atoms with Crippen LogP contribution in [0.15, 0.2) is 82.8 Å². The summed E-state index contributed by atoms with van der Waals surface area (Å²) in [7, 11) is 0. The van der Waals surface area contributed by atoms with Gasteiger partial charge in [-0.05, 0) is 60.9 Å². The Labute approximate surface area is 223 Å². The molecule has 0 aliphatic heterocycles. The maximum Gasteiger partial charge on any atom is 0.307 e. The van der Waals surface area contributed by atoms with E-state index in [1.54, 1.807) is 24.3 Å². The summed E-state index contributed by atoms with van der Waals surface area (Å²) in [5.41, 5.74) is 5.14. The van der Waals surface area contributed by atoms with Gasteiger partial charge in [0.25, 0.3) is 5.69 Å². The lowest BCUT2D eigenvalue weighted by Gasteiger charge is -2.17. The van der Waals surface area contributed by atoms with Crippen LogP contribution in [0.3, 0.4) is 0 Å². The van der Waals surface area contributed by atoms with Crippen LogP contribution < -0.4 is 14.9 Å². The smallest absolute Gasteiger partial charge is 0.307 e. The molecule has 0 unspecified atom stereocenters. The van der Waals surface area contributed by atoms with Crippen LogP contribution in [-0.2, 0) is 13.0 Å². The zero-order chi connectivity index (χ0) is 27.1. The Hall–Kier alpha value is -4.63. The summed E-state index contributed by atoms with van der Waals surface area (Å²) in [6.07, 6.45) is 3.76. The number of halogens is 1. The molecule has 1 N–H and O–H groups in total. The van der Waals surface area contributed by atoms with Crippen molar-refractivity contribution in [1.82, 2.24) is 5.43 Å². The number of fused-ring (bicyclic) bond motifs is 1. The maximum absolute atomic E-state index is 12.5. The molecule has 38 heavy (non-hydrogen) atoms. The molecule has 194 valence electrons. The number of hydrogen-bond acceptors (Lipinski definition) is 7. The third-order valence-corrected chi connectivity index (χ3v) is 5.68. The Morgan fingerprint density at radius 2 is 1.95 bits per heavy atom. The molecule has 0 saturated carbocycles. The van der Waals surface area contributed by atoms with Gasteiger partial charge < -0.3 is 13.9 Å². The lowest BCUT2D eigenvalue weighted by molar-refractivity contribution is -0.384. The second-order valence-electron chi connectivity index (χ2n) is 8.14. The Balaban J connectivity index is 1.51. The van der Waals surface area contributed by atoms with Gasteiger partial charge in [0.05, 0.1) is 17.7 Å². The number of carbonyl (C=O) groups is 1. The van der Waals surface area contributed by atoms with Crippen LogP contribution in [0.25, 0.3) is 11.0 Å². The minimum absolute atomic E-state index is 0.0223. The summed E-state index contributed by atoms with van der Waals surface area (Å²) in [4.78, 5) is 23.0. The van der Waals surface area contributed by atoms with Gasteiger partial charge in [0, 0.05) is 28.1 Å².